The minimum absolute atomic E-state index is 0.0269. The van der Waals surface area contributed by atoms with Crippen molar-refractivity contribution in [1.29, 1.82) is 0 Å². The molecule has 1 fully saturated rings. The Balaban J connectivity index is 1.54. The van der Waals surface area contributed by atoms with Crippen molar-refractivity contribution in [2.45, 2.75) is 37.6 Å². The van der Waals surface area contributed by atoms with Gasteiger partial charge in [-0.05, 0) is 31.9 Å². The maximum absolute atomic E-state index is 11.9. The molecule has 1 aliphatic heterocycles. The Hall–Kier alpha value is -2.06. The average molecular weight is 363 g/mol. The summed E-state index contributed by atoms with van der Waals surface area (Å²) in [7, 11) is 0. The number of ether oxygens (including phenoxy) is 2. The molecule has 7 nitrogen and oxygen atoms in total. The Morgan fingerprint density at radius 1 is 1.48 bits per heavy atom. The fraction of sp³-hybridized carbons (Fsp3) is 0.471. The lowest BCUT2D eigenvalue weighted by molar-refractivity contribution is 0.0941. The van der Waals surface area contributed by atoms with Gasteiger partial charge in [0, 0.05) is 12.4 Å². The zero-order valence-electron chi connectivity index (χ0n) is 14.1. The molecule has 0 amide bonds. The summed E-state index contributed by atoms with van der Waals surface area (Å²) in [5.74, 6) is 1.16. The number of aromatic amines is 1. The predicted octanol–water partition coefficient (Wildman–Crippen LogP) is 2.12. The molecule has 8 heteroatoms. The second-order valence-corrected chi connectivity index (χ2v) is 6.87. The van der Waals surface area contributed by atoms with Crippen LogP contribution < -0.4 is 10.4 Å². The van der Waals surface area contributed by atoms with Gasteiger partial charge in [0.2, 0.25) is 0 Å². The number of hydrogen-bond donors (Lipinski definition) is 1. The molecule has 2 heterocycles. The first-order valence-corrected chi connectivity index (χ1v) is 9.26. The molecule has 0 spiro atoms. The molecule has 0 radical (unpaired) electrons. The van der Waals surface area contributed by atoms with Gasteiger partial charge in [-0.15, -0.1) is 5.10 Å². The fourth-order valence-corrected chi connectivity index (χ4v) is 3.51. The highest BCUT2D eigenvalue weighted by Gasteiger charge is 2.19. The summed E-state index contributed by atoms with van der Waals surface area (Å²) < 4.78 is 12.9. The molecule has 1 saturated heterocycles. The normalized spacial score (nSPS) is 16.9. The van der Waals surface area contributed by atoms with Gasteiger partial charge in [-0.25, -0.2) is 9.89 Å². The third-order valence-corrected chi connectivity index (χ3v) is 4.91. The summed E-state index contributed by atoms with van der Waals surface area (Å²) in [6, 6.07) is 7.18. The Kier molecular flexibility index (Phi) is 5.93. The quantitative estimate of drug-likeness (QED) is 0.439. The fourth-order valence-electron chi connectivity index (χ4n) is 2.73. The minimum Gasteiger partial charge on any atom is -0.492 e. The smallest absolute Gasteiger partial charge is 0.344 e. The van der Waals surface area contributed by atoms with Crippen LogP contribution >= 0.6 is 11.8 Å². The number of benzene rings is 1. The Labute approximate surface area is 149 Å². The lowest BCUT2D eigenvalue weighted by Crippen LogP contribution is -2.25. The lowest BCUT2D eigenvalue weighted by Gasteiger charge is -2.11. The van der Waals surface area contributed by atoms with Crippen LogP contribution in [-0.4, -0.2) is 45.6 Å². The third kappa shape index (κ3) is 4.52. The summed E-state index contributed by atoms with van der Waals surface area (Å²) in [5.41, 5.74) is 0.350. The number of carbonyl (C=O) groups is 1. The van der Waals surface area contributed by atoms with Crippen molar-refractivity contribution in [3.8, 4) is 5.75 Å². The van der Waals surface area contributed by atoms with Gasteiger partial charge in [0.1, 0.15) is 5.75 Å². The van der Waals surface area contributed by atoms with Gasteiger partial charge >= 0.3 is 5.69 Å². The van der Waals surface area contributed by atoms with Crippen LogP contribution in [0.1, 0.15) is 30.1 Å². The van der Waals surface area contributed by atoms with Crippen molar-refractivity contribution in [2.75, 3.05) is 19.0 Å². The maximum atomic E-state index is 11.9. The first-order valence-electron chi connectivity index (χ1n) is 8.27. The van der Waals surface area contributed by atoms with Crippen LogP contribution in [0, 0.1) is 0 Å². The number of H-pyrrole nitrogens is 1. The average Bonchev–Trinajstić information content (AvgIpc) is 3.24. The van der Waals surface area contributed by atoms with Crippen LogP contribution in [0.4, 0.5) is 0 Å². The lowest BCUT2D eigenvalue weighted by atomic mass is 10.1. The maximum Gasteiger partial charge on any atom is 0.344 e. The van der Waals surface area contributed by atoms with Crippen molar-refractivity contribution in [3.05, 3.63) is 40.3 Å². The molecule has 0 unspecified atom stereocenters. The van der Waals surface area contributed by atoms with Crippen LogP contribution in [0.3, 0.4) is 0 Å². The van der Waals surface area contributed by atoms with Crippen LogP contribution in [0.15, 0.2) is 34.2 Å². The molecule has 25 heavy (non-hydrogen) atoms. The first kappa shape index (κ1) is 17.8. The third-order valence-electron chi connectivity index (χ3n) is 3.97. The number of hydrogen-bond acceptors (Lipinski definition) is 6. The molecule has 134 valence electrons. The van der Waals surface area contributed by atoms with Crippen LogP contribution in [-0.2, 0) is 11.3 Å². The SMILES string of the molecule is CC(=O)c1ccccc1OCCSc1n[nH]c(=O)n1C[C@@H]1CCCO1. The van der Waals surface area contributed by atoms with E-state index in [0.29, 0.717) is 35.4 Å². The molecule has 0 bridgehead atoms. The van der Waals surface area contributed by atoms with Gasteiger partial charge in [0.05, 0.1) is 24.8 Å². The minimum atomic E-state index is -0.221. The summed E-state index contributed by atoms with van der Waals surface area (Å²) in [6.07, 6.45) is 2.07. The molecule has 1 N–H and O–H groups in total. The second-order valence-electron chi connectivity index (χ2n) is 5.81. The van der Waals surface area contributed by atoms with Crippen molar-refractivity contribution < 1.29 is 14.3 Å². The van der Waals surface area contributed by atoms with Crippen molar-refractivity contribution in [3.63, 3.8) is 0 Å². The largest absolute Gasteiger partial charge is 0.492 e. The van der Waals surface area contributed by atoms with Gasteiger partial charge < -0.3 is 9.47 Å². The van der Waals surface area contributed by atoms with Crippen LogP contribution in [0.25, 0.3) is 0 Å². The van der Waals surface area contributed by atoms with E-state index in [2.05, 4.69) is 10.2 Å². The van der Waals surface area contributed by atoms with E-state index >= 15 is 0 Å². The number of carbonyl (C=O) groups excluding carboxylic acids is 1. The van der Waals surface area contributed by atoms with Gasteiger partial charge in [-0.2, -0.15) is 0 Å². The number of rotatable bonds is 8. The summed E-state index contributed by atoms with van der Waals surface area (Å²) >= 11 is 1.44. The Morgan fingerprint density at radius 3 is 3.08 bits per heavy atom. The standard InChI is InChI=1S/C17H21N3O4S/c1-12(21)14-6-2-3-7-15(14)24-9-10-25-17-19-18-16(22)20(17)11-13-5-4-8-23-13/h2-3,6-7,13H,4-5,8-11H2,1H3,(H,18,22)/t13-/m0/s1. The zero-order chi connectivity index (χ0) is 17.6. The molecule has 1 aliphatic rings. The second kappa shape index (κ2) is 8.35. The topological polar surface area (TPSA) is 86.2 Å². The number of ketones is 1. The molecular weight excluding hydrogens is 342 g/mol. The highest BCUT2D eigenvalue weighted by Crippen LogP contribution is 2.20. The first-order chi connectivity index (χ1) is 12.1. The number of Topliss-reactive ketones (excluding diaryl/α,β-unsaturated/α-hetero) is 1. The summed E-state index contributed by atoms with van der Waals surface area (Å²) in [4.78, 5) is 23.5. The van der Waals surface area contributed by atoms with E-state index in [1.165, 1.54) is 18.7 Å². The molecule has 0 saturated carbocycles. The molecule has 1 aromatic carbocycles. The van der Waals surface area contributed by atoms with E-state index in [4.69, 9.17) is 9.47 Å². The van der Waals surface area contributed by atoms with E-state index in [1.807, 2.05) is 12.1 Å². The highest BCUT2D eigenvalue weighted by molar-refractivity contribution is 7.99. The van der Waals surface area contributed by atoms with Crippen molar-refractivity contribution >= 4 is 17.5 Å². The highest BCUT2D eigenvalue weighted by atomic mass is 32.2. The molecule has 1 atom stereocenters. The monoisotopic (exact) mass is 363 g/mol. The van der Waals surface area contributed by atoms with E-state index in [0.717, 1.165) is 19.4 Å². The van der Waals surface area contributed by atoms with E-state index in [-0.39, 0.29) is 17.6 Å². The van der Waals surface area contributed by atoms with E-state index < -0.39 is 0 Å². The summed E-state index contributed by atoms with van der Waals surface area (Å²) in [5, 5.41) is 7.19. The van der Waals surface area contributed by atoms with Crippen LogP contribution in [0.2, 0.25) is 0 Å². The van der Waals surface area contributed by atoms with Crippen molar-refractivity contribution in [1.82, 2.24) is 14.8 Å². The predicted molar refractivity (Wildman–Crippen MR) is 94.5 cm³/mol. The Bertz CT molecular complexity index is 780. The molecule has 1 aromatic heterocycles. The molecular formula is C17H21N3O4S. The van der Waals surface area contributed by atoms with Gasteiger partial charge in [0.25, 0.3) is 0 Å². The Morgan fingerprint density at radius 2 is 2.32 bits per heavy atom. The molecule has 3 rings (SSSR count). The number of para-hydroxylation sites is 1. The molecule has 2 aromatic rings. The number of aromatic nitrogens is 3. The summed E-state index contributed by atoms with van der Waals surface area (Å²) in [6.45, 7) is 3.20. The number of nitrogens with one attached hydrogen (secondary N) is 1. The van der Waals surface area contributed by atoms with Crippen molar-refractivity contribution in [2.24, 2.45) is 0 Å². The zero-order valence-corrected chi connectivity index (χ0v) is 14.9. The van der Waals surface area contributed by atoms with E-state index in [9.17, 15) is 9.59 Å². The number of nitrogens with zero attached hydrogens (tertiary/aromatic N) is 2. The van der Waals surface area contributed by atoms with Gasteiger partial charge in [0.15, 0.2) is 10.9 Å². The van der Waals surface area contributed by atoms with Gasteiger partial charge in [-0.3, -0.25) is 9.36 Å². The van der Waals surface area contributed by atoms with E-state index in [1.54, 1.807) is 16.7 Å². The van der Waals surface area contributed by atoms with Gasteiger partial charge in [-0.1, -0.05) is 23.9 Å². The van der Waals surface area contributed by atoms with Crippen LogP contribution in [0.5, 0.6) is 5.75 Å². The molecule has 0 aliphatic carbocycles. The number of thioether (sulfide) groups is 1.